The quantitative estimate of drug-likeness (QED) is 0.591. The van der Waals surface area contributed by atoms with E-state index in [0.717, 1.165) is 0 Å². The Kier molecular flexibility index (Phi) is 5.57. The lowest BCUT2D eigenvalue weighted by Gasteiger charge is -2.16. The number of hydrogen-bond donors (Lipinski definition) is 2. The van der Waals surface area contributed by atoms with E-state index in [2.05, 4.69) is 5.32 Å². The molecule has 1 aliphatic rings. The minimum absolute atomic E-state index is 0.217. The monoisotopic (exact) mass is 258 g/mol. The summed E-state index contributed by atoms with van der Waals surface area (Å²) in [6.07, 6.45) is 0.360. The summed E-state index contributed by atoms with van der Waals surface area (Å²) in [5.41, 5.74) is 5.14. The number of primary amides is 1. The van der Waals surface area contributed by atoms with Crippen molar-refractivity contribution >= 4 is 17.8 Å². The largest absolute Gasteiger partial charge is 0.466 e. The van der Waals surface area contributed by atoms with Gasteiger partial charge in [0, 0.05) is 6.61 Å². The number of carbonyl (C=O) groups is 3. The fourth-order valence-electron chi connectivity index (χ4n) is 1.64. The highest BCUT2D eigenvalue weighted by Crippen LogP contribution is 2.12. The van der Waals surface area contributed by atoms with Gasteiger partial charge in [-0.3, -0.25) is 14.4 Å². The predicted molar refractivity (Wildman–Crippen MR) is 61.3 cm³/mol. The predicted octanol–water partition coefficient (Wildman–Crippen LogP) is -1.05. The van der Waals surface area contributed by atoms with E-state index in [1.165, 1.54) is 0 Å². The summed E-state index contributed by atoms with van der Waals surface area (Å²) in [6.45, 7) is 2.73. The summed E-state index contributed by atoms with van der Waals surface area (Å²) in [4.78, 5) is 34.2. The fourth-order valence-corrected chi connectivity index (χ4v) is 1.64. The van der Waals surface area contributed by atoms with Crippen molar-refractivity contribution in [2.75, 3.05) is 19.8 Å². The number of hydrogen-bond acceptors (Lipinski definition) is 5. The van der Waals surface area contributed by atoms with Gasteiger partial charge in [-0.2, -0.15) is 0 Å². The molecule has 0 aliphatic carbocycles. The van der Waals surface area contributed by atoms with Gasteiger partial charge in [-0.25, -0.2) is 0 Å². The topological polar surface area (TPSA) is 108 Å². The number of nitrogens with one attached hydrogen (secondary N) is 1. The Labute approximate surface area is 105 Å². The second-order valence-electron chi connectivity index (χ2n) is 4.03. The molecule has 0 radical (unpaired) electrons. The van der Waals surface area contributed by atoms with Gasteiger partial charge in [-0.05, 0) is 13.3 Å². The van der Waals surface area contributed by atoms with Crippen LogP contribution in [0.3, 0.4) is 0 Å². The van der Waals surface area contributed by atoms with Crippen molar-refractivity contribution in [2.24, 2.45) is 11.7 Å². The number of nitrogens with two attached hydrogens (primary N) is 1. The van der Waals surface area contributed by atoms with Crippen molar-refractivity contribution in [2.45, 2.75) is 25.8 Å². The molecule has 1 fully saturated rings. The van der Waals surface area contributed by atoms with Crippen LogP contribution in [-0.4, -0.2) is 43.6 Å². The fraction of sp³-hybridized carbons (Fsp3) is 0.727. The zero-order chi connectivity index (χ0) is 13.5. The van der Waals surface area contributed by atoms with Gasteiger partial charge >= 0.3 is 5.97 Å². The van der Waals surface area contributed by atoms with Crippen molar-refractivity contribution in [1.82, 2.24) is 5.32 Å². The van der Waals surface area contributed by atoms with Gasteiger partial charge < -0.3 is 20.5 Å². The first kappa shape index (κ1) is 14.4. The summed E-state index contributed by atoms with van der Waals surface area (Å²) in [7, 11) is 0. The van der Waals surface area contributed by atoms with Crippen LogP contribution in [-0.2, 0) is 23.9 Å². The molecule has 0 saturated carbocycles. The summed E-state index contributed by atoms with van der Waals surface area (Å²) >= 11 is 0. The molecule has 0 unspecified atom stereocenters. The molecule has 0 aromatic carbocycles. The molecule has 2 amide bonds. The van der Waals surface area contributed by atoms with E-state index < -0.39 is 17.9 Å². The molecule has 18 heavy (non-hydrogen) atoms. The summed E-state index contributed by atoms with van der Waals surface area (Å²) < 4.78 is 9.78. The number of carbonyl (C=O) groups excluding carboxylic acids is 3. The van der Waals surface area contributed by atoms with Crippen LogP contribution in [0, 0.1) is 5.92 Å². The third kappa shape index (κ3) is 4.33. The van der Waals surface area contributed by atoms with Crippen molar-refractivity contribution in [3.05, 3.63) is 0 Å². The molecule has 1 aliphatic heterocycles. The van der Waals surface area contributed by atoms with Crippen molar-refractivity contribution in [3.8, 4) is 0 Å². The minimum Gasteiger partial charge on any atom is -0.466 e. The Morgan fingerprint density at radius 2 is 2.22 bits per heavy atom. The SMILES string of the molecule is CCOC(=O)C[C@@H](NC(=O)[C@@H]1CCOC1)C(N)=O. The maximum Gasteiger partial charge on any atom is 0.308 e. The van der Waals surface area contributed by atoms with Crippen LogP contribution in [0.4, 0.5) is 0 Å². The zero-order valence-electron chi connectivity index (χ0n) is 10.3. The van der Waals surface area contributed by atoms with Crippen molar-refractivity contribution in [1.29, 1.82) is 0 Å². The molecule has 0 aromatic heterocycles. The first-order valence-electron chi connectivity index (χ1n) is 5.87. The number of ether oxygens (including phenoxy) is 2. The lowest BCUT2D eigenvalue weighted by Crippen LogP contribution is -2.48. The highest BCUT2D eigenvalue weighted by atomic mass is 16.5. The maximum atomic E-state index is 11.7. The summed E-state index contributed by atoms with van der Waals surface area (Å²) in [5.74, 6) is -1.92. The van der Waals surface area contributed by atoms with Crippen LogP contribution in [0.15, 0.2) is 0 Å². The van der Waals surface area contributed by atoms with Gasteiger partial charge in [-0.15, -0.1) is 0 Å². The van der Waals surface area contributed by atoms with E-state index in [9.17, 15) is 14.4 Å². The molecular formula is C11H18N2O5. The Morgan fingerprint density at radius 3 is 2.72 bits per heavy atom. The minimum atomic E-state index is -1.03. The van der Waals surface area contributed by atoms with Gasteiger partial charge in [0.05, 0.1) is 25.6 Å². The van der Waals surface area contributed by atoms with Crippen LogP contribution in [0.25, 0.3) is 0 Å². The lowest BCUT2D eigenvalue weighted by atomic mass is 10.1. The van der Waals surface area contributed by atoms with Gasteiger partial charge in [-0.1, -0.05) is 0 Å². The molecule has 0 spiro atoms. The van der Waals surface area contributed by atoms with Crippen LogP contribution in [0.2, 0.25) is 0 Å². The second kappa shape index (κ2) is 6.95. The van der Waals surface area contributed by atoms with Crippen LogP contribution >= 0.6 is 0 Å². The van der Waals surface area contributed by atoms with E-state index >= 15 is 0 Å². The van der Waals surface area contributed by atoms with Crippen molar-refractivity contribution < 1.29 is 23.9 Å². The van der Waals surface area contributed by atoms with Gasteiger partial charge in [0.1, 0.15) is 6.04 Å². The van der Waals surface area contributed by atoms with Crippen LogP contribution < -0.4 is 11.1 Å². The van der Waals surface area contributed by atoms with Gasteiger partial charge in [0.25, 0.3) is 0 Å². The third-order valence-corrected chi connectivity index (χ3v) is 2.64. The Morgan fingerprint density at radius 1 is 1.50 bits per heavy atom. The van der Waals surface area contributed by atoms with E-state index in [0.29, 0.717) is 19.6 Å². The average molecular weight is 258 g/mol. The number of esters is 1. The second-order valence-corrected chi connectivity index (χ2v) is 4.03. The highest BCUT2D eigenvalue weighted by molar-refractivity contribution is 5.90. The molecule has 7 nitrogen and oxygen atoms in total. The lowest BCUT2D eigenvalue weighted by molar-refractivity contribution is -0.145. The summed E-state index contributed by atoms with van der Waals surface area (Å²) in [5, 5.41) is 2.45. The van der Waals surface area contributed by atoms with E-state index in [4.69, 9.17) is 15.2 Å². The van der Waals surface area contributed by atoms with Gasteiger partial charge in [0.2, 0.25) is 11.8 Å². The first-order valence-corrected chi connectivity index (χ1v) is 5.87. The molecule has 1 heterocycles. The molecular weight excluding hydrogens is 240 g/mol. The first-order chi connectivity index (χ1) is 8.54. The van der Waals surface area contributed by atoms with E-state index in [1.54, 1.807) is 6.92 Å². The smallest absolute Gasteiger partial charge is 0.308 e. The molecule has 3 N–H and O–H groups in total. The molecule has 0 aromatic rings. The standard InChI is InChI=1S/C11H18N2O5/c1-2-18-9(14)5-8(10(12)15)13-11(16)7-3-4-17-6-7/h7-8H,2-6H2,1H3,(H2,12,15)(H,13,16)/t7-,8-/m1/s1. The molecule has 2 atom stereocenters. The molecule has 0 bridgehead atoms. The normalized spacial score (nSPS) is 20.2. The molecule has 7 heteroatoms. The Balaban J connectivity index is 2.49. The molecule has 1 saturated heterocycles. The average Bonchev–Trinajstić information content (AvgIpc) is 2.81. The third-order valence-electron chi connectivity index (χ3n) is 2.64. The molecule has 102 valence electrons. The zero-order valence-corrected chi connectivity index (χ0v) is 10.3. The highest BCUT2D eigenvalue weighted by Gasteiger charge is 2.28. The number of rotatable bonds is 6. The Hall–Kier alpha value is -1.63. The molecule has 1 rings (SSSR count). The summed E-state index contributed by atoms with van der Waals surface area (Å²) in [6, 6.07) is -1.03. The van der Waals surface area contributed by atoms with E-state index in [-0.39, 0.29) is 24.9 Å². The maximum absolute atomic E-state index is 11.7. The van der Waals surface area contributed by atoms with E-state index in [1.807, 2.05) is 0 Å². The van der Waals surface area contributed by atoms with Crippen LogP contribution in [0.5, 0.6) is 0 Å². The van der Waals surface area contributed by atoms with Gasteiger partial charge in [0.15, 0.2) is 0 Å². The number of amides is 2. The Bertz CT molecular complexity index is 325. The van der Waals surface area contributed by atoms with Crippen molar-refractivity contribution in [3.63, 3.8) is 0 Å². The van der Waals surface area contributed by atoms with Crippen LogP contribution in [0.1, 0.15) is 19.8 Å².